The molecule has 0 aliphatic carbocycles. The molecule has 17 nitrogen and oxygen atoms in total. The van der Waals surface area contributed by atoms with Crippen LogP contribution in [-0.2, 0) is 43.2 Å². The van der Waals surface area contributed by atoms with Gasteiger partial charge in [-0.05, 0) is 0 Å². The van der Waals surface area contributed by atoms with Gasteiger partial charge in [0.15, 0.2) is 0 Å². The first-order chi connectivity index (χ1) is 20.6. The Balaban J connectivity index is 1.84. The minimum Gasteiger partial charge on any atom is -0.480 e. The average Bonchev–Trinajstić information content (AvgIpc) is 3.79. The predicted molar refractivity (Wildman–Crippen MR) is 158 cm³/mol. The molecule has 3 aromatic heterocycles. The van der Waals surface area contributed by atoms with Gasteiger partial charge in [0.25, 0.3) is 0 Å². The molecule has 19 heteroatoms. The van der Waals surface area contributed by atoms with Crippen LogP contribution in [0, 0.1) is 0 Å². The minimum absolute atomic E-state index is 0.000418. The lowest BCUT2D eigenvalue weighted by atomic mass is 10.1. The van der Waals surface area contributed by atoms with Gasteiger partial charge in [-0.2, -0.15) is 25.3 Å². The van der Waals surface area contributed by atoms with E-state index in [2.05, 4.69) is 76.4 Å². The lowest BCUT2D eigenvalue weighted by Crippen LogP contribution is -2.59. The van der Waals surface area contributed by atoms with Crippen LogP contribution in [-0.4, -0.2) is 106 Å². The summed E-state index contributed by atoms with van der Waals surface area (Å²) in [5.74, 6) is -4.36. The molecule has 43 heavy (non-hydrogen) atoms. The molecular formula is C24H33N11O6S2. The number of nitrogens with two attached hydrogens (primary N) is 1. The fourth-order valence-electron chi connectivity index (χ4n) is 3.84. The highest BCUT2D eigenvalue weighted by Crippen LogP contribution is 2.06. The van der Waals surface area contributed by atoms with Crippen LogP contribution in [0.3, 0.4) is 0 Å². The number of hydrogen-bond acceptors (Lipinski definition) is 11. The number of carbonyl (C=O) groups is 5. The molecule has 0 aromatic carbocycles. The topological polar surface area (TPSA) is 266 Å². The van der Waals surface area contributed by atoms with Crippen molar-refractivity contribution < 1.29 is 29.1 Å². The molecule has 0 bridgehead atoms. The van der Waals surface area contributed by atoms with Gasteiger partial charge in [0.05, 0.1) is 25.0 Å². The van der Waals surface area contributed by atoms with Crippen LogP contribution in [0.1, 0.15) is 17.1 Å². The molecular weight excluding hydrogens is 602 g/mol. The molecule has 4 amide bonds. The molecule has 0 unspecified atom stereocenters. The van der Waals surface area contributed by atoms with Crippen LogP contribution in [0.15, 0.2) is 37.6 Å². The minimum atomic E-state index is -1.31. The number of thiol groups is 2. The Morgan fingerprint density at radius 1 is 0.651 bits per heavy atom. The first kappa shape index (κ1) is 33.1. The van der Waals surface area contributed by atoms with Gasteiger partial charge in [-0.15, -0.1) is 0 Å². The van der Waals surface area contributed by atoms with Gasteiger partial charge in [-0.3, -0.25) is 19.2 Å². The fourth-order valence-corrected chi connectivity index (χ4v) is 4.25. The third kappa shape index (κ3) is 10.1. The van der Waals surface area contributed by atoms with Gasteiger partial charge in [0.1, 0.15) is 24.2 Å². The van der Waals surface area contributed by atoms with E-state index < -0.39 is 59.8 Å². The standard InChI is InChI=1S/C24H33N11O6S2/c25-15(7-42)20(36)32-16(1-12-4-26-9-29-12)21(37)33-17(2-13-5-27-10-30-13)22(38)34-18(3-14-6-28-11-31-14)23(39)35-19(8-43)24(40)41/h4-6,9-11,15-19,42-43H,1-3,7-8,25H2,(H,26,29)(H,27,30)(H,28,31)(H,32,36)(H,33,37)(H,34,38)(H,35,39)(H,40,41)/t15-,16-,17-,18-,19-/m0/s1. The Morgan fingerprint density at radius 2 is 1.00 bits per heavy atom. The van der Waals surface area contributed by atoms with Crippen molar-refractivity contribution in [2.75, 3.05) is 11.5 Å². The van der Waals surface area contributed by atoms with Crippen LogP contribution in [0.5, 0.6) is 0 Å². The molecule has 232 valence electrons. The fraction of sp³-hybridized carbons (Fsp3) is 0.417. The Morgan fingerprint density at radius 3 is 1.28 bits per heavy atom. The van der Waals surface area contributed by atoms with Crippen molar-refractivity contribution >= 4 is 54.9 Å². The summed E-state index contributed by atoms with van der Waals surface area (Å²) in [6.07, 6.45) is 8.44. The molecule has 0 saturated heterocycles. The first-order valence-corrected chi connectivity index (χ1v) is 14.2. The molecule has 10 N–H and O–H groups in total. The second-order valence-electron chi connectivity index (χ2n) is 9.40. The number of aromatic nitrogens is 6. The van der Waals surface area contributed by atoms with Gasteiger partial charge in [0.2, 0.25) is 23.6 Å². The SMILES string of the molecule is N[C@@H](CS)C(=O)N[C@@H](Cc1cnc[nH]1)C(=O)N[C@@H](Cc1cnc[nH]1)C(=O)N[C@@H](Cc1cnc[nH]1)C(=O)N[C@@H](CS)C(=O)O. The van der Waals surface area contributed by atoms with E-state index in [9.17, 15) is 29.1 Å². The van der Waals surface area contributed by atoms with Crippen LogP contribution >= 0.6 is 25.3 Å². The summed E-state index contributed by atoms with van der Waals surface area (Å²) < 4.78 is 0. The molecule has 3 rings (SSSR count). The summed E-state index contributed by atoms with van der Waals surface area (Å²) in [6.45, 7) is 0. The molecule has 0 saturated carbocycles. The number of carbonyl (C=O) groups excluding carboxylic acids is 4. The second kappa shape index (κ2) is 16.3. The highest BCUT2D eigenvalue weighted by molar-refractivity contribution is 7.80. The van der Waals surface area contributed by atoms with E-state index in [0.717, 1.165) is 0 Å². The molecule has 3 heterocycles. The number of nitrogens with zero attached hydrogens (tertiary/aromatic N) is 3. The normalized spacial score (nSPS) is 14.5. The summed E-state index contributed by atoms with van der Waals surface area (Å²) in [4.78, 5) is 84.6. The molecule has 0 radical (unpaired) electrons. The number of nitrogens with one attached hydrogen (secondary N) is 7. The quantitative estimate of drug-likeness (QED) is 0.0674. The Labute approximate surface area is 256 Å². The number of imidazole rings is 3. The molecule has 3 aromatic rings. The Hall–Kier alpha value is -4.36. The van der Waals surface area contributed by atoms with Gasteiger partial charge in [-0.25, -0.2) is 19.7 Å². The maximum atomic E-state index is 13.6. The second-order valence-corrected chi connectivity index (χ2v) is 10.1. The monoisotopic (exact) mass is 635 g/mol. The van der Waals surface area contributed by atoms with E-state index in [1.807, 2.05) is 0 Å². The van der Waals surface area contributed by atoms with E-state index in [1.54, 1.807) is 0 Å². The molecule has 0 aliphatic rings. The van der Waals surface area contributed by atoms with E-state index in [4.69, 9.17) is 5.73 Å². The zero-order chi connectivity index (χ0) is 31.4. The number of aliphatic carboxylic acids is 1. The number of aromatic amines is 3. The van der Waals surface area contributed by atoms with Crippen molar-refractivity contribution in [3.05, 3.63) is 54.7 Å². The van der Waals surface area contributed by atoms with E-state index in [0.29, 0.717) is 17.1 Å². The van der Waals surface area contributed by atoms with Crippen molar-refractivity contribution in [1.29, 1.82) is 0 Å². The number of amides is 4. The van der Waals surface area contributed by atoms with Gasteiger partial charge < -0.3 is 47.1 Å². The molecule has 0 aliphatic heterocycles. The number of hydrogen-bond donors (Lipinski definition) is 11. The van der Waals surface area contributed by atoms with Crippen LogP contribution in [0.25, 0.3) is 0 Å². The van der Waals surface area contributed by atoms with Crippen LogP contribution in [0.4, 0.5) is 0 Å². The van der Waals surface area contributed by atoms with Crippen LogP contribution < -0.4 is 27.0 Å². The number of carboxylic acid groups (broad SMARTS) is 1. The van der Waals surface area contributed by atoms with Crippen LogP contribution in [0.2, 0.25) is 0 Å². The summed E-state index contributed by atoms with van der Waals surface area (Å²) in [7, 11) is 0. The maximum absolute atomic E-state index is 13.6. The summed E-state index contributed by atoms with van der Waals surface area (Å²) in [5, 5.41) is 19.5. The largest absolute Gasteiger partial charge is 0.480 e. The maximum Gasteiger partial charge on any atom is 0.327 e. The Kier molecular flexibility index (Phi) is 12.6. The first-order valence-electron chi connectivity index (χ1n) is 12.9. The number of carboxylic acids is 1. The lowest BCUT2D eigenvalue weighted by molar-refractivity contribution is -0.141. The van der Waals surface area contributed by atoms with Gasteiger partial charge >= 0.3 is 5.97 Å². The van der Waals surface area contributed by atoms with E-state index in [-0.39, 0.29) is 30.8 Å². The third-order valence-corrected chi connectivity index (χ3v) is 6.92. The number of H-pyrrole nitrogens is 3. The zero-order valence-corrected chi connectivity index (χ0v) is 24.5. The highest BCUT2D eigenvalue weighted by Gasteiger charge is 2.32. The van der Waals surface area contributed by atoms with Crippen molar-refractivity contribution in [2.45, 2.75) is 49.5 Å². The van der Waals surface area contributed by atoms with Crippen molar-refractivity contribution in [2.24, 2.45) is 5.73 Å². The van der Waals surface area contributed by atoms with E-state index in [1.165, 1.54) is 37.6 Å². The highest BCUT2D eigenvalue weighted by atomic mass is 32.1. The smallest absolute Gasteiger partial charge is 0.327 e. The summed E-state index contributed by atoms with van der Waals surface area (Å²) >= 11 is 7.99. The van der Waals surface area contributed by atoms with Crippen molar-refractivity contribution in [3.63, 3.8) is 0 Å². The van der Waals surface area contributed by atoms with Gasteiger partial charge in [0, 0.05) is 66.4 Å². The summed E-state index contributed by atoms with van der Waals surface area (Å²) in [6, 6.07) is -5.98. The molecule has 0 spiro atoms. The summed E-state index contributed by atoms with van der Waals surface area (Å²) in [5.41, 5.74) is 7.28. The van der Waals surface area contributed by atoms with Gasteiger partial charge in [-0.1, -0.05) is 0 Å². The Bertz CT molecular complexity index is 1340. The van der Waals surface area contributed by atoms with Crippen molar-refractivity contribution in [3.8, 4) is 0 Å². The lowest BCUT2D eigenvalue weighted by Gasteiger charge is -2.26. The third-order valence-electron chi connectivity index (χ3n) is 6.17. The average molecular weight is 636 g/mol. The van der Waals surface area contributed by atoms with Crippen molar-refractivity contribution in [1.82, 2.24) is 51.2 Å². The zero-order valence-electron chi connectivity index (χ0n) is 22.7. The van der Waals surface area contributed by atoms with E-state index >= 15 is 0 Å². The molecule has 0 fully saturated rings. The predicted octanol–water partition coefficient (Wildman–Crippen LogP) is -2.91. The number of rotatable bonds is 17. The molecule has 5 atom stereocenters.